The molecule has 0 spiro atoms. The molecular formula is C58H75FN10O7. The number of nitrogens with one attached hydrogen (secondary N) is 3. The largest absolute Gasteiger partial charge is 0.381 e. The molecule has 6 heterocycles. The number of halogens is 1. The topological polar surface area (TPSA) is 184 Å². The average molecular weight is 1040 g/mol. The van der Waals surface area contributed by atoms with Crippen LogP contribution in [-0.4, -0.2) is 193 Å². The standard InChI is InChI=1S/C58H75FN10O7/c59-50-16-15-41(31-51-47-13-4-5-14-48(47)56(73)63-62-51)30-49(50)57(74)67-28-26-66(27-29-67)53(71)37-64-20-17-40(18-21-64)35-65-22-24-68(25-23-65)58(75)54(43-8-2-1-3-9-43)61-55(72)45-11-6-10-44(32-45)46-12-7-19-69(36-46)52(70)34-60-33-42-38-76-39-42/h4-6,10-11,13-16,30,32,40,42-43,46,54,60H,1-3,7-9,12,17-29,31,33-39H2,(H,61,72)(H,63,73). The number of aromatic amines is 1. The Morgan fingerprint density at radius 2 is 1.43 bits per heavy atom. The quantitative estimate of drug-likeness (QED) is 0.147. The highest BCUT2D eigenvalue weighted by Gasteiger charge is 2.37. The van der Waals surface area contributed by atoms with Gasteiger partial charge in [0.25, 0.3) is 17.4 Å². The third-order valence-electron chi connectivity index (χ3n) is 17.1. The summed E-state index contributed by atoms with van der Waals surface area (Å²) in [7, 11) is 0. The minimum atomic E-state index is -0.606. The van der Waals surface area contributed by atoms with E-state index in [0.717, 1.165) is 122 Å². The second-order valence-corrected chi connectivity index (χ2v) is 22.2. The van der Waals surface area contributed by atoms with Crippen molar-refractivity contribution in [1.82, 2.24) is 50.2 Å². The van der Waals surface area contributed by atoms with Gasteiger partial charge in [-0.3, -0.25) is 38.6 Å². The van der Waals surface area contributed by atoms with Crippen LogP contribution >= 0.6 is 0 Å². The van der Waals surface area contributed by atoms with Crippen LogP contribution in [0.15, 0.2) is 71.5 Å². The van der Waals surface area contributed by atoms with Crippen LogP contribution in [-0.2, 0) is 25.5 Å². The molecule has 2 atom stereocenters. The summed E-state index contributed by atoms with van der Waals surface area (Å²) in [6.45, 7) is 11.1. The zero-order valence-electron chi connectivity index (χ0n) is 43.9. The van der Waals surface area contributed by atoms with Crippen LogP contribution in [0, 0.1) is 23.6 Å². The number of H-pyrrole nitrogens is 1. The van der Waals surface area contributed by atoms with Gasteiger partial charge in [-0.2, -0.15) is 5.10 Å². The van der Waals surface area contributed by atoms with Crippen molar-refractivity contribution in [3.05, 3.63) is 111 Å². The van der Waals surface area contributed by atoms with E-state index >= 15 is 4.39 Å². The van der Waals surface area contributed by atoms with E-state index in [0.29, 0.717) is 105 Å². The van der Waals surface area contributed by atoms with Gasteiger partial charge in [-0.25, -0.2) is 9.49 Å². The summed E-state index contributed by atoms with van der Waals surface area (Å²) >= 11 is 0. The Labute approximate surface area is 444 Å². The molecule has 17 nitrogen and oxygen atoms in total. The lowest BCUT2D eigenvalue weighted by molar-refractivity contribution is -0.137. The smallest absolute Gasteiger partial charge is 0.272 e. The first-order valence-electron chi connectivity index (χ1n) is 28.0. The van der Waals surface area contributed by atoms with Crippen molar-refractivity contribution >= 4 is 40.3 Å². The Hall–Kier alpha value is -6.08. The molecule has 1 aliphatic carbocycles. The molecule has 3 aromatic carbocycles. The number of nitrogens with zero attached hydrogens (tertiary/aromatic N) is 7. The fraction of sp³-hybridized carbons (Fsp3) is 0.569. The molecule has 1 saturated carbocycles. The Morgan fingerprint density at radius 3 is 2.18 bits per heavy atom. The SMILES string of the molecule is O=C(NC(C(=O)N1CCN(CC2CCN(CC(=O)N3CCN(C(=O)c4cc(Cc5n[nH]c(=O)c6ccccc56)ccc4F)CC3)CC2)CC1)C1CCCCC1)c1cccc(C2CCCN(C(=O)CNCC3COC3)C2)c1. The molecule has 6 fully saturated rings. The molecule has 2 unspecified atom stereocenters. The molecule has 5 saturated heterocycles. The Balaban J connectivity index is 0.651. The van der Waals surface area contributed by atoms with E-state index in [-0.39, 0.29) is 46.6 Å². The molecule has 5 amide bonds. The van der Waals surface area contributed by atoms with Crippen molar-refractivity contribution in [3.63, 3.8) is 0 Å². The van der Waals surface area contributed by atoms with Gasteiger partial charge < -0.3 is 35.0 Å². The third kappa shape index (κ3) is 13.0. The van der Waals surface area contributed by atoms with Gasteiger partial charge in [-0.05, 0) is 105 Å². The first-order valence-corrected chi connectivity index (χ1v) is 28.0. The van der Waals surface area contributed by atoms with E-state index in [1.807, 2.05) is 45.0 Å². The molecule has 10 rings (SSSR count). The van der Waals surface area contributed by atoms with Gasteiger partial charge >= 0.3 is 0 Å². The molecule has 18 heteroatoms. The fourth-order valence-electron chi connectivity index (χ4n) is 12.4. The number of fused-ring (bicyclic) bond motifs is 1. The molecule has 3 N–H and O–H groups in total. The van der Waals surface area contributed by atoms with Gasteiger partial charge in [0.15, 0.2) is 0 Å². The summed E-state index contributed by atoms with van der Waals surface area (Å²) < 4.78 is 20.4. The number of carbonyl (C=O) groups excluding carboxylic acids is 5. The molecule has 76 heavy (non-hydrogen) atoms. The normalized spacial score (nSPS) is 21.1. The number of benzene rings is 3. The van der Waals surface area contributed by atoms with E-state index in [4.69, 9.17) is 4.74 Å². The van der Waals surface area contributed by atoms with Gasteiger partial charge in [0.05, 0.1) is 42.9 Å². The highest BCUT2D eigenvalue weighted by molar-refractivity contribution is 5.98. The highest BCUT2D eigenvalue weighted by atomic mass is 19.1. The van der Waals surface area contributed by atoms with E-state index in [9.17, 15) is 28.8 Å². The number of aromatic nitrogens is 2. The fourth-order valence-corrected chi connectivity index (χ4v) is 12.4. The Morgan fingerprint density at radius 1 is 0.697 bits per heavy atom. The van der Waals surface area contributed by atoms with E-state index in [1.54, 1.807) is 29.2 Å². The summed E-state index contributed by atoms with van der Waals surface area (Å²) in [5.74, 6) is 0.150. The molecule has 5 aliphatic heterocycles. The van der Waals surface area contributed by atoms with Gasteiger partial charge in [0.2, 0.25) is 17.7 Å². The minimum absolute atomic E-state index is 0.0215. The minimum Gasteiger partial charge on any atom is -0.381 e. The van der Waals surface area contributed by atoms with Crippen LogP contribution < -0.4 is 16.2 Å². The second kappa shape index (κ2) is 24.9. The average Bonchev–Trinajstić information content (AvgIpc) is 3.46. The number of piperazine rings is 2. The molecule has 0 radical (unpaired) electrons. The molecule has 406 valence electrons. The number of likely N-dealkylation sites (tertiary alicyclic amines) is 2. The number of ether oxygens (including phenoxy) is 1. The number of piperidine rings is 2. The monoisotopic (exact) mass is 1040 g/mol. The summed E-state index contributed by atoms with van der Waals surface area (Å²) in [6, 6.07) is 18.9. The molecule has 0 bridgehead atoms. The van der Waals surface area contributed by atoms with Gasteiger partial charge in [-0.1, -0.05) is 55.7 Å². The van der Waals surface area contributed by atoms with E-state index in [1.165, 1.54) is 6.07 Å². The predicted molar refractivity (Wildman–Crippen MR) is 286 cm³/mol. The van der Waals surface area contributed by atoms with Crippen LogP contribution in [0.2, 0.25) is 0 Å². The van der Waals surface area contributed by atoms with Crippen molar-refractivity contribution in [2.24, 2.45) is 17.8 Å². The summed E-state index contributed by atoms with van der Waals surface area (Å²) in [5.41, 5.74) is 2.62. The van der Waals surface area contributed by atoms with Crippen molar-refractivity contribution in [2.75, 3.05) is 118 Å². The maximum absolute atomic E-state index is 15.1. The van der Waals surface area contributed by atoms with Crippen molar-refractivity contribution in [2.45, 2.75) is 76.2 Å². The van der Waals surface area contributed by atoms with E-state index < -0.39 is 17.8 Å². The van der Waals surface area contributed by atoms with Crippen molar-refractivity contribution in [3.8, 4) is 0 Å². The number of hydrogen-bond donors (Lipinski definition) is 3. The number of carbonyl (C=O) groups is 5. The zero-order chi connectivity index (χ0) is 52.5. The maximum Gasteiger partial charge on any atom is 0.272 e. The van der Waals surface area contributed by atoms with Gasteiger partial charge in [-0.15, -0.1) is 0 Å². The second-order valence-electron chi connectivity index (χ2n) is 22.2. The van der Waals surface area contributed by atoms with Crippen LogP contribution in [0.1, 0.15) is 101 Å². The first-order chi connectivity index (χ1) is 37.0. The van der Waals surface area contributed by atoms with Gasteiger partial charge in [0, 0.05) is 108 Å². The third-order valence-corrected chi connectivity index (χ3v) is 17.1. The van der Waals surface area contributed by atoms with Gasteiger partial charge in [0.1, 0.15) is 11.9 Å². The van der Waals surface area contributed by atoms with Crippen LogP contribution in [0.4, 0.5) is 4.39 Å². The molecule has 6 aliphatic rings. The zero-order valence-corrected chi connectivity index (χ0v) is 43.9. The molecule has 4 aromatic rings. The number of amides is 5. The van der Waals surface area contributed by atoms with Crippen LogP contribution in [0.25, 0.3) is 10.8 Å². The first kappa shape index (κ1) is 53.3. The molecular weight excluding hydrogens is 968 g/mol. The van der Waals surface area contributed by atoms with Crippen LogP contribution in [0.3, 0.4) is 0 Å². The van der Waals surface area contributed by atoms with Crippen molar-refractivity contribution < 1.29 is 33.1 Å². The Kier molecular flexibility index (Phi) is 17.5. The lowest BCUT2D eigenvalue weighted by atomic mass is 9.83. The lowest BCUT2D eigenvalue weighted by Gasteiger charge is -2.41. The summed E-state index contributed by atoms with van der Waals surface area (Å²) in [5, 5.41) is 14.5. The Bertz CT molecular complexity index is 2760. The summed E-state index contributed by atoms with van der Waals surface area (Å²) in [4.78, 5) is 93.1. The van der Waals surface area contributed by atoms with E-state index in [2.05, 4.69) is 36.7 Å². The summed E-state index contributed by atoms with van der Waals surface area (Å²) in [6.07, 6.45) is 9.24. The van der Waals surface area contributed by atoms with Crippen LogP contribution in [0.5, 0.6) is 0 Å². The number of hydrogen-bond acceptors (Lipinski definition) is 11. The maximum atomic E-state index is 15.1. The predicted octanol–water partition coefficient (Wildman–Crippen LogP) is 4.11. The number of rotatable bonds is 16. The lowest BCUT2D eigenvalue weighted by Crippen LogP contribution is -2.57. The van der Waals surface area contributed by atoms with Crippen molar-refractivity contribution in [1.29, 1.82) is 0 Å². The molecule has 1 aromatic heterocycles. The highest BCUT2D eigenvalue weighted by Crippen LogP contribution is 2.31.